The Morgan fingerprint density at radius 3 is 2.53 bits per heavy atom. The quantitative estimate of drug-likeness (QED) is 0.385. The SMILES string of the molecule is CCOC(=O)Cc1nc(C(F)(F)F)c(Br)n1-c1ccc(-c2ccc(CO)c(S(=O)(=O)CC)c2)s1. The normalized spacial score (nSPS) is 12.2. The van der Waals surface area contributed by atoms with Gasteiger partial charge in [0.2, 0.25) is 0 Å². The highest BCUT2D eigenvalue weighted by Crippen LogP contribution is 2.39. The van der Waals surface area contributed by atoms with Gasteiger partial charge >= 0.3 is 12.1 Å². The molecule has 1 aromatic carbocycles. The largest absolute Gasteiger partial charge is 0.466 e. The molecule has 0 atom stereocenters. The van der Waals surface area contributed by atoms with Gasteiger partial charge in [-0.25, -0.2) is 13.4 Å². The number of sulfone groups is 1. The van der Waals surface area contributed by atoms with Crippen LogP contribution in [0.15, 0.2) is 39.8 Å². The molecule has 0 aliphatic rings. The minimum atomic E-state index is -4.75. The molecule has 0 fully saturated rings. The Labute approximate surface area is 206 Å². The maximum atomic E-state index is 13.5. The van der Waals surface area contributed by atoms with E-state index in [1.807, 2.05) is 0 Å². The van der Waals surface area contributed by atoms with E-state index in [0.29, 0.717) is 15.4 Å². The van der Waals surface area contributed by atoms with Gasteiger partial charge in [0.25, 0.3) is 0 Å². The molecule has 0 aliphatic heterocycles. The van der Waals surface area contributed by atoms with Gasteiger partial charge in [-0.05, 0) is 52.2 Å². The van der Waals surface area contributed by atoms with Gasteiger partial charge in [-0.15, -0.1) is 11.3 Å². The third-order valence-corrected chi connectivity index (χ3v) is 8.48. The van der Waals surface area contributed by atoms with Crippen molar-refractivity contribution >= 4 is 43.1 Å². The molecule has 0 aliphatic carbocycles. The summed E-state index contributed by atoms with van der Waals surface area (Å²) in [6, 6.07) is 7.74. The van der Waals surface area contributed by atoms with E-state index in [2.05, 4.69) is 20.9 Å². The van der Waals surface area contributed by atoms with Crippen LogP contribution in [-0.4, -0.2) is 41.4 Å². The molecule has 7 nitrogen and oxygen atoms in total. The second kappa shape index (κ2) is 10.2. The lowest BCUT2D eigenvalue weighted by Gasteiger charge is -2.10. The molecule has 0 bridgehead atoms. The van der Waals surface area contributed by atoms with E-state index >= 15 is 0 Å². The molecule has 0 unspecified atom stereocenters. The fourth-order valence-corrected chi connectivity index (χ4v) is 6.20. The number of alkyl halides is 3. The van der Waals surface area contributed by atoms with E-state index < -0.39 is 40.7 Å². The molecule has 0 radical (unpaired) electrons. The van der Waals surface area contributed by atoms with E-state index in [-0.39, 0.29) is 33.2 Å². The number of benzene rings is 1. The molecule has 0 spiro atoms. The number of carbonyl (C=O) groups is 1. The van der Waals surface area contributed by atoms with Crippen LogP contribution in [0.2, 0.25) is 0 Å². The fraction of sp³-hybridized carbons (Fsp3) is 0.333. The second-order valence-electron chi connectivity index (χ2n) is 7.00. The molecule has 3 rings (SSSR count). The summed E-state index contributed by atoms with van der Waals surface area (Å²) in [6.45, 7) is 2.70. The van der Waals surface area contributed by atoms with Gasteiger partial charge in [-0.2, -0.15) is 13.2 Å². The van der Waals surface area contributed by atoms with Crippen LogP contribution in [0, 0.1) is 0 Å². The van der Waals surface area contributed by atoms with Crippen LogP contribution < -0.4 is 0 Å². The molecule has 2 aromatic heterocycles. The van der Waals surface area contributed by atoms with Crippen molar-refractivity contribution in [2.45, 2.75) is 37.9 Å². The van der Waals surface area contributed by atoms with Gasteiger partial charge in [0, 0.05) is 4.88 Å². The summed E-state index contributed by atoms with van der Waals surface area (Å²) in [5, 5.41) is 9.85. The van der Waals surface area contributed by atoms with E-state index in [4.69, 9.17) is 4.74 Å². The first-order chi connectivity index (χ1) is 15.9. The zero-order valence-electron chi connectivity index (χ0n) is 18.0. The highest BCUT2D eigenvalue weighted by atomic mass is 79.9. The number of imidazole rings is 1. The third kappa shape index (κ3) is 5.37. The molecule has 2 heterocycles. The summed E-state index contributed by atoms with van der Waals surface area (Å²) in [4.78, 5) is 16.2. The van der Waals surface area contributed by atoms with Crippen LogP contribution in [0.25, 0.3) is 15.4 Å². The smallest absolute Gasteiger partial charge is 0.436 e. The predicted molar refractivity (Wildman–Crippen MR) is 124 cm³/mol. The van der Waals surface area contributed by atoms with Crippen molar-refractivity contribution in [3.8, 4) is 15.4 Å². The van der Waals surface area contributed by atoms with Crippen molar-refractivity contribution in [2.24, 2.45) is 0 Å². The van der Waals surface area contributed by atoms with Gasteiger partial charge < -0.3 is 9.84 Å². The monoisotopic (exact) mass is 580 g/mol. The average Bonchev–Trinajstić information content (AvgIpc) is 3.37. The summed E-state index contributed by atoms with van der Waals surface area (Å²) in [5.74, 6) is -1.03. The van der Waals surface area contributed by atoms with Crippen LogP contribution in [0.3, 0.4) is 0 Å². The number of aliphatic hydroxyl groups excluding tert-OH is 1. The second-order valence-corrected chi connectivity index (χ2v) is 11.1. The van der Waals surface area contributed by atoms with Crippen molar-refractivity contribution < 1.29 is 36.2 Å². The Hall–Kier alpha value is -2.22. The first-order valence-corrected chi connectivity index (χ1v) is 13.3. The Balaban J connectivity index is 2.11. The van der Waals surface area contributed by atoms with Crippen LogP contribution in [-0.2, 0) is 38.6 Å². The lowest BCUT2D eigenvalue weighted by molar-refractivity contribution is -0.143. The first-order valence-electron chi connectivity index (χ1n) is 10.00. The summed E-state index contributed by atoms with van der Waals surface area (Å²) in [5.41, 5.74) is -0.406. The molecule has 0 amide bonds. The number of nitrogens with zero attached hydrogens (tertiary/aromatic N) is 2. The third-order valence-electron chi connectivity index (χ3n) is 4.82. The molecule has 3 aromatic rings. The van der Waals surface area contributed by atoms with Crippen LogP contribution in [0.5, 0.6) is 0 Å². The molecule has 13 heteroatoms. The number of hydrogen-bond donors (Lipinski definition) is 1. The molecule has 34 heavy (non-hydrogen) atoms. The molecular formula is C21H20BrF3N2O5S2. The topological polar surface area (TPSA) is 98.5 Å². The van der Waals surface area contributed by atoms with Gasteiger partial charge in [0.1, 0.15) is 21.8 Å². The van der Waals surface area contributed by atoms with Gasteiger partial charge in [0.15, 0.2) is 15.5 Å². The standard InChI is InChI=1S/C21H20BrF3N2O5S2/c1-3-32-18(29)10-16-26-19(21(23,24)25)20(22)27(16)17-8-7-14(33-17)12-5-6-13(11-28)15(9-12)34(30,31)4-2/h5-9,28H,3-4,10-11H2,1-2H3. The number of thiophene rings is 1. The van der Waals surface area contributed by atoms with E-state index in [9.17, 15) is 31.5 Å². The zero-order chi connectivity index (χ0) is 25.3. The Bertz CT molecular complexity index is 1320. The molecule has 184 valence electrons. The van der Waals surface area contributed by atoms with Crippen molar-refractivity contribution in [1.29, 1.82) is 0 Å². The van der Waals surface area contributed by atoms with Gasteiger partial charge in [-0.3, -0.25) is 9.36 Å². The van der Waals surface area contributed by atoms with Crippen molar-refractivity contribution in [1.82, 2.24) is 9.55 Å². The van der Waals surface area contributed by atoms with Gasteiger partial charge in [-0.1, -0.05) is 19.1 Å². The summed E-state index contributed by atoms with van der Waals surface area (Å²) >= 11 is 4.05. The fourth-order valence-electron chi connectivity index (χ4n) is 3.19. The van der Waals surface area contributed by atoms with E-state index in [0.717, 1.165) is 11.3 Å². The maximum Gasteiger partial charge on any atom is 0.436 e. The van der Waals surface area contributed by atoms with Crippen LogP contribution in [0.4, 0.5) is 13.2 Å². The Kier molecular flexibility index (Phi) is 7.90. The summed E-state index contributed by atoms with van der Waals surface area (Å²) in [7, 11) is -3.62. The van der Waals surface area contributed by atoms with Crippen molar-refractivity contribution in [2.75, 3.05) is 12.4 Å². The number of aliphatic hydroxyl groups is 1. The van der Waals surface area contributed by atoms with E-state index in [1.54, 1.807) is 25.1 Å². The highest BCUT2D eigenvalue weighted by molar-refractivity contribution is 9.10. The number of aromatic nitrogens is 2. The van der Waals surface area contributed by atoms with E-state index in [1.165, 1.54) is 23.6 Å². The number of halogens is 4. The minimum Gasteiger partial charge on any atom is -0.466 e. The lowest BCUT2D eigenvalue weighted by atomic mass is 10.1. The molecule has 0 saturated heterocycles. The predicted octanol–water partition coefficient (Wildman–Crippen LogP) is 4.77. The molecule has 0 saturated carbocycles. The zero-order valence-corrected chi connectivity index (χ0v) is 21.2. The van der Waals surface area contributed by atoms with Crippen LogP contribution >= 0.6 is 27.3 Å². The molecule has 1 N–H and O–H groups in total. The minimum absolute atomic E-state index is 0.00359. The molecular weight excluding hydrogens is 561 g/mol. The Morgan fingerprint density at radius 1 is 1.24 bits per heavy atom. The van der Waals surface area contributed by atoms with Crippen molar-refractivity contribution in [3.63, 3.8) is 0 Å². The number of hydrogen-bond acceptors (Lipinski definition) is 7. The van der Waals surface area contributed by atoms with Crippen LogP contribution in [0.1, 0.15) is 30.9 Å². The van der Waals surface area contributed by atoms with Gasteiger partial charge in [0.05, 0.1) is 23.9 Å². The maximum absolute atomic E-state index is 13.5. The van der Waals surface area contributed by atoms with Crippen molar-refractivity contribution in [3.05, 3.63) is 52.0 Å². The average molecular weight is 581 g/mol. The lowest BCUT2D eigenvalue weighted by Crippen LogP contribution is -2.12. The Morgan fingerprint density at radius 2 is 1.94 bits per heavy atom. The summed E-state index contributed by atoms with van der Waals surface area (Å²) < 4.78 is 71.0. The number of esters is 1. The first kappa shape index (κ1) is 26.4. The number of carbonyl (C=O) groups excluding carboxylic acids is 1. The number of ether oxygens (including phenoxy) is 1. The summed E-state index contributed by atoms with van der Waals surface area (Å²) in [6.07, 6.45) is -5.23. The number of rotatable bonds is 8. The highest BCUT2D eigenvalue weighted by Gasteiger charge is 2.39.